The maximum Gasteiger partial charge on any atom is 0.220 e. The summed E-state index contributed by atoms with van der Waals surface area (Å²) in [4.78, 5) is 14.4. The molecule has 2 saturated heterocycles. The van der Waals surface area contributed by atoms with Gasteiger partial charge in [0.1, 0.15) is 0 Å². The average Bonchev–Trinajstić information content (AvgIpc) is 2.48. The maximum absolute atomic E-state index is 11.9. The molecule has 2 N–H and O–H groups in total. The van der Waals surface area contributed by atoms with E-state index in [4.69, 9.17) is 0 Å². The summed E-state index contributed by atoms with van der Waals surface area (Å²) in [5.41, 5.74) is 0. The molecular formula is C16H31N3O. The summed E-state index contributed by atoms with van der Waals surface area (Å²) in [5, 5.41) is 6.46. The first-order chi connectivity index (χ1) is 9.75. The lowest BCUT2D eigenvalue weighted by molar-refractivity contribution is -0.121. The Morgan fingerprint density at radius 1 is 1.25 bits per heavy atom. The lowest BCUT2D eigenvalue weighted by Gasteiger charge is -2.33. The van der Waals surface area contributed by atoms with Crippen LogP contribution in [0.2, 0.25) is 0 Å². The van der Waals surface area contributed by atoms with Gasteiger partial charge in [-0.15, -0.1) is 0 Å². The van der Waals surface area contributed by atoms with Gasteiger partial charge in [-0.05, 0) is 64.6 Å². The van der Waals surface area contributed by atoms with Crippen LogP contribution in [0.4, 0.5) is 0 Å². The van der Waals surface area contributed by atoms with Crippen molar-refractivity contribution in [1.29, 1.82) is 0 Å². The fourth-order valence-electron chi connectivity index (χ4n) is 3.42. The minimum absolute atomic E-state index is 0.244. The van der Waals surface area contributed by atoms with Gasteiger partial charge in [0.15, 0.2) is 0 Å². The van der Waals surface area contributed by atoms with E-state index in [1.165, 1.54) is 38.6 Å². The Labute approximate surface area is 123 Å². The lowest BCUT2D eigenvalue weighted by atomic mass is 9.93. The average molecular weight is 281 g/mol. The fraction of sp³-hybridized carbons (Fsp3) is 0.938. The third kappa shape index (κ3) is 5.41. The molecule has 0 aromatic heterocycles. The van der Waals surface area contributed by atoms with E-state index in [2.05, 4.69) is 22.5 Å². The van der Waals surface area contributed by atoms with E-state index < -0.39 is 0 Å². The van der Waals surface area contributed by atoms with Crippen LogP contribution >= 0.6 is 0 Å². The van der Waals surface area contributed by atoms with E-state index in [-0.39, 0.29) is 5.91 Å². The summed E-state index contributed by atoms with van der Waals surface area (Å²) in [5.74, 6) is 0.998. The van der Waals surface area contributed by atoms with Crippen LogP contribution in [0.25, 0.3) is 0 Å². The molecular weight excluding hydrogens is 250 g/mol. The van der Waals surface area contributed by atoms with Crippen molar-refractivity contribution in [3.05, 3.63) is 0 Å². The third-order valence-electron chi connectivity index (χ3n) is 4.90. The highest BCUT2D eigenvalue weighted by atomic mass is 16.1. The van der Waals surface area contributed by atoms with Crippen LogP contribution in [0.1, 0.15) is 51.9 Å². The molecule has 2 aliphatic rings. The van der Waals surface area contributed by atoms with Gasteiger partial charge in [0.25, 0.3) is 0 Å². The Bertz CT molecular complexity index is 289. The zero-order chi connectivity index (χ0) is 14.2. The summed E-state index contributed by atoms with van der Waals surface area (Å²) in [7, 11) is 0. The zero-order valence-corrected chi connectivity index (χ0v) is 13.0. The maximum atomic E-state index is 11.9. The molecule has 20 heavy (non-hydrogen) atoms. The molecule has 0 bridgehead atoms. The number of hydrogen-bond acceptors (Lipinski definition) is 3. The largest absolute Gasteiger partial charge is 0.355 e. The smallest absolute Gasteiger partial charge is 0.220 e. The van der Waals surface area contributed by atoms with Gasteiger partial charge in [0, 0.05) is 25.6 Å². The molecule has 1 amide bonds. The number of carbonyl (C=O) groups excluding carboxylic acids is 1. The molecule has 0 aromatic rings. The molecule has 0 saturated carbocycles. The normalized spacial score (nSPS) is 25.6. The van der Waals surface area contributed by atoms with Crippen molar-refractivity contribution >= 4 is 5.91 Å². The van der Waals surface area contributed by atoms with Gasteiger partial charge >= 0.3 is 0 Å². The molecule has 0 spiro atoms. The second-order valence-corrected chi connectivity index (χ2v) is 6.46. The van der Waals surface area contributed by atoms with Crippen molar-refractivity contribution in [3.63, 3.8) is 0 Å². The first-order valence-corrected chi connectivity index (χ1v) is 8.47. The van der Waals surface area contributed by atoms with Crippen molar-refractivity contribution in [1.82, 2.24) is 15.5 Å². The van der Waals surface area contributed by atoms with Gasteiger partial charge in [0.05, 0.1) is 0 Å². The second-order valence-electron chi connectivity index (χ2n) is 6.46. The molecule has 2 aliphatic heterocycles. The number of amides is 1. The van der Waals surface area contributed by atoms with Crippen LogP contribution in [0.5, 0.6) is 0 Å². The van der Waals surface area contributed by atoms with E-state index >= 15 is 0 Å². The summed E-state index contributed by atoms with van der Waals surface area (Å²) >= 11 is 0. The number of hydrogen-bond donors (Lipinski definition) is 2. The third-order valence-corrected chi connectivity index (χ3v) is 4.90. The van der Waals surface area contributed by atoms with Crippen molar-refractivity contribution in [2.45, 2.75) is 57.9 Å². The Kier molecular flexibility index (Phi) is 6.80. The first-order valence-electron chi connectivity index (χ1n) is 8.47. The number of piperidine rings is 2. The van der Waals surface area contributed by atoms with E-state index in [1.807, 2.05) is 0 Å². The van der Waals surface area contributed by atoms with E-state index in [0.717, 1.165) is 38.5 Å². The van der Waals surface area contributed by atoms with Crippen LogP contribution in [0, 0.1) is 5.92 Å². The Morgan fingerprint density at radius 3 is 2.80 bits per heavy atom. The Balaban J connectivity index is 1.53. The van der Waals surface area contributed by atoms with Crippen LogP contribution < -0.4 is 10.6 Å². The van der Waals surface area contributed by atoms with Crippen LogP contribution in [-0.2, 0) is 4.79 Å². The molecule has 116 valence electrons. The lowest BCUT2D eigenvalue weighted by Crippen LogP contribution is -2.42. The first kappa shape index (κ1) is 15.8. The molecule has 1 atom stereocenters. The molecule has 4 nitrogen and oxygen atoms in total. The number of rotatable bonds is 6. The van der Waals surface area contributed by atoms with Crippen molar-refractivity contribution in [2.24, 2.45) is 5.92 Å². The summed E-state index contributed by atoms with van der Waals surface area (Å²) in [6.07, 6.45) is 8.23. The van der Waals surface area contributed by atoms with Gasteiger partial charge in [-0.1, -0.05) is 6.42 Å². The van der Waals surface area contributed by atoms with Crippen LogP contribution in [0.15, 0.2) is 0 Å². The summed E-state index contributed by atoms with van der Waals surface area (Å²) < 4.78 is 0. The molecule has 2 rings (SSSR count). The van der Waals surface area contributed by atoms with Gasteiger partial charge in [0.2, 0.25) is 5.91 Å². The number of carbonyl (C=O) groups is 1. The number of nitrogens with one attached hydrogen (secondary N) is 2. The van der Waals surface area contributed by atoms with E-state index in [9.17, 15) is 4.79 Å². The molecule has 0 radical (unpaired) electrons. The monoisotopic (exact) mass is 281 g/mol. The van der Waals surface area contributed by atoms with Gasteiger partial charge in [-0.25, -0.2) is 0 Å². The van der Waals surface area contributed by atoms with Gasteiger partial charge in [-0.3, -0.25) is 9.69 Å². The summed E-state index contributed by atoms with van der Waals surface area (Å²) in [6, 6.07) is 0.690. The molecule has 4 heteroatoms. The molecule has 0 aliphatic carbocycles. The molecule has 2 heterocycles. The highest BCUT2D eigenvalue weighted by molar-refractivity contribution is 5.75. The predicted molar refractivity (Wildman–Crippen MR) is 82.7 cm³/mol. The van der Waals surface area contributed by atoms with Gasteiger partial charge < -0.3 is 10.6 Å². The highest BCUT2D eigenvalue weighted by Crippen LogP contribution is 2.17. The topological polar surface area (TPSA) is 44.4 Å². The zero-order valence-electron chi connectivity index (χ0n) is 13.0. The quantitative estimate of drug-likeness (QED) is 0.780. The van der Waals surface area contributed by atoms with Crippen molar-refractivity contribution in [3.8, 4) is 0 Å². The number of likely N-dealkylation sites (tertiary alicyclic amines) is 1. The molecule has 2 fully saturated rings. The second kappa shape index (κ2) is 8.63. The minimum atomic E-state index is 0.244. The SMILES string of the molecule is CC1CCCCN1CCNC(=O)CCC1CCNCC1. The standard InChI is InChI=1S/C16H31N3O/c1-14-4-2-3-12-19(14)13-11-18-16(20)6-5-15-7-9-17-10-8-15/h14-15,17H,2-13H2,1H3,(H,18,20). The van der Waals surface area contributed by atoms with Crippen LogP contribution in [-0.4, -0.2) is 49.6 Å². The van der Waals surface area contributed by atoms with Crippen LogP contribution in [0.3, 0.4) is 0 Å². The van der Waals surface area contributed by atoms with Crippen molar-refractivity contribution < 1.29 is 4.79 Å². The summed E-state index contributed by atoms with van der Waals surface area (Å²) in [6.45, 7) is 7.58. The van der Waals surface area contributed by atoms with Crippen molar-refractivity contribution in [2.75, 3.05) is 32.7 Å². The van der Waals surface area contributed by atoms with E-state index in [0.29, 0.717) is 12.5 Å². The molecule has 1 unspecified atom stereocenters. The Morgan fingerprint density at radius 2 is 2.05 bits per heavy atom. The van der Waals surface area contributed by atoms with E-state index in [1.54, 1.807) is 0 Å². The minimum Gasteiger partial charge on any atom is -0.355 e. The Hall–Kier alpha value is -0.610. The number of nitrogens with zero attached hydrogens (tertiary/aromatic N) is 1. The molecule has 0 aromatic carbocycles. The highest BCUT2D eigenvalue weighted by Gasteiger charge is 2.18. The fourth-order valence-corrected chi connectivity index (χ4v) is 3.42. The predicted octanol–water partition coefficient (Wildman–Crippen LogP) is 1.76. The van der Waals surface area contributed by atoms with Gasteiger partial charge in [-0.2, -0.15) is 0 Å².